The topological polar surface area (TPSA) is 57.8 Å². The predicted molar refractivity (Wildman–Crippen MR) is 54.9 cm³/mol. The summed E-state index contributed by atoms with van der Waals surface area (Å²) in [6.45, 7) is 5.96. The molecular weight excluding hydrogens is 178 g/mol. The van der Waals surface area contributed by atoms with Gasteiger partial charge < -0.3 is 5.32 Å². The highest BCUT2D eigenvalue weighted by atomic mass is 16.1. The first-order valence-electron chi connectivity index (χ1n) is 4.92. The van der Waals surface area contributed by atoms with Crippen molar-refractivity contribution in [3.8, 4) is 0 Å². The van der Waals surface area contributed by atoms with Crippen molar-refractivity contribution >= 4 is 5.91 Å². The maximum absolute atomic E-state index is 11.4. The fourth-order valence-corrected chi connectivity index (χ4v) is 1.16. The van der Waals surface area contributed by atoms with Crippen molar-refractivity contribution in [3.05, 3.63) is 17.5 Å². The van der Waals surface area contributed by atoms with Gasteiger partial charge in [0.05, 0.1) is 12.1 Å². The van der Waals surface area contributed by atoms with Crippen LogP contribution in [0.2, 0.25) is 0 Å². The number of nitrogens with zero attached hydrogens (tertiary/aromatic N) is 1. The van der Waals surface area contributed by atoms with Gasteiger partial charge in [0.15, 0.2) is 0 Å². The molecule has 1 heterocycles. The lowest BCUT2D eigenvalue weighted by molar-refractivity contribution is -0.121. The number of H-pyrrole nitrogens is 1. The molecule has 1 atom stereocenters. The summed E-state index contributed by atoms with van der Waals surface area (Å²) in [7, 11) is 0. The molecular formula is C10H17N3O. The molecule has 1 rings (SSSR count). The number of hydrogen-bond donors (Lipinski definition) is 2. The van der Waals surface area contributed by atoms with Crippen LogP contribution in [0.5, 0.6) is 0 Å². The van der Waals surface area contributed by atoms with Crippen LogP contribution in [0.25, 0.3) is 0 Å². The number of hydrogen-bond acceptors (Lipinski definition) is 2. The van der Waals surface area contributed by atoms with E-state index in [0.29, 0.717) is 6.42 Å². The Kier molecular flexibility index (Phi) is 3.68. The molecule has 0 saturated heterocycles. The van der Waals surface area contributed by atoms with Crippen molar-refractivity contribution in [1.82, 2.24) is 15.5 Å². The summed E-state index contributed by atoms with van der Waals surface area (Å²) in [5.41, 5.74) is 1.78. The standard InChI is InChI=1S/C10H17N3O/c1-4-7(2)11-10(14)6-9-5-8(3)12-13-9/h5,7H,4,6H2,1-3H3,(H,11,14)(H,12,13). The van der Waals surface area contributed by atoms with Gasteiger partial charge in [-0.1, -0.05) is 6.92 Å². The Morgan fingerprint density at radius 1 is 1.71 bits per heavy atom. The third-order valence-corrected chi connectivity index (χ3v) is 2.12. The first-order valence-corrected chi connectivity index (χ1v) is 4.92. The Hall–Kier alpha value is -1.32. The maximum Gasteiger partial charge on any atom is 0.226 e. The number of aryl methyl sites for hydroxylation is 1. The molecule has 0 aliphatic carbocycles. The van der Waals surface area contributed by atoms with E-state index in [1.807, 2.05) is 26.8 Å². The molecule has 1 unspecified atom stereocenters. The van der Waals surface area contributed by atoms with E-state index in [-0.39, 0.29) is 11.9 Å². The second-order valence-electron chi connectivity index (χ2n) is 3.60. The Labute approximate surface area is 84.1 Å². The molecule has 0 saturated carbocycles. The quantitative estimate of drug-likeness (QED) is 0.757. The molecule has 2 N–H and O–H groups in total. The van der Waals surface area contributed by atoms with E-state index in [4.69, 9.17) is 0 Å². The molecule has 0 aliphatic rings. The molecule has 0 spiro atoms. The average Bonchev–Trinajstić information content (AvgIpc) is 2.50. The van der Waals surface area contributed by atoms with Crippen LogP contribution >= 0.6 is 0 Å². The van der Waals surface area contributed by atoms with Crippen molar-refractivity contribution < 1.29 is 4.79 Å². The van der Waals surface area contributed by atoms with Crippen LogP contribution in [0.4, 0.5) is 0 Å². The van der Waals surface area contributed by atoms with Gasteiger partial charge in [-0.15, -0.1) is 0 Å². The first-order chi connectivity index (χ1) is 6.61. The van der Waals surface area contributed by atoms with E-state index in [0.717, 1.165) is 17.8 Å². The van der Waals surface area contributed by atoms with E-state index in [2.05, 4.69) is 15.5 Å². The number of aromatic amines is 1. The van der Waals surface area contributed by atoms with E-state index in [1.54, 1.807) is 0 Å². The van der Waals surface area contributed by atoms with E-state index in [9.17, 15) is 4.79 Å². The zero-order valence-corrected chi connectivity index (χ0v) is 8.92. The number of aromatic nitrogens is 2. The summed E-state index contributed by atoms with van der Waals surface area (Å²) in [4.78, 5) is 11.4. The lowest BCUT2D eigenvalue weighted by atomic mass is 10.2. The molecule has 0 radical (unpaired) electrons. The zero-order valence-electron chi connectivity index (χ0n) is 8.92. The molecule has 0 aromatic carbocycles. The largest absolute Gasteiger partial charge is 0.353 e. The lowest BCUT2D eigenvalue weighted by Crippen LogP contribution is -2.33. The molecule has 4 nitrogen and oxygen atoms in total. The number of amides is 1. The highest BCUT2D eigenvalue weighted by Crippen LogP contribution is 1.99. The lowest BCUT2D eigenvalue weighted by Gasteiger charge is -2.09. The summed E-state index contributed by atoms with van der Waals surface area (Å²) in [6, 6.07) is 2.12. The van der Waals surface area contributed by atoms with E-state index >= 15 is 0 Å². The minimum Gasteiger partial charge on any atom is -0.353 e. The number of rotatable bonds is 4. The second kappa shape index (κ2) is 4.79. The Bertz CT molecular complexity index is 306. The summed E-state index contributed by atoms with van der Waals surface area (Å²) < 4.78 is 0. The highest BCUT2D eigenvalue weighted by molar-refractivity contribution is 5.78. The van der Waals surface area contributed by atoms with Gasteiger partial charge in [0.25, 0.3) is 0 Å². The van der Waals surface area contributed by atoms with Crippen LogP contribution in [0.1, 0.15) is 31.7 Å². The predicted octanol–water partition coefficient (Wildman–Crippen LogP) is 1.18. The van der Waals surface area contributed by atoms with Gasteiger partial charge >= 0.3 is 0 Å². The summed E-state index contributed by atoms with van der Waals surface area (Å²) in [5.74, 6) is 0.0332. The van der Waals surface area contributed by atoms with Gasteiger partial charge in [-0.05, 0) is 26.3 Å². The molecule has 1 aromatic heterocycles. The third kappa shape index (κ3) is 3.20. The van der Waals surface area contributed by atoms with Crippen LogP contribution in [0.3, 0.4) is 0 Å². The zero-order chi connectivity index (χ0) is 10.6. The van der Waals surface area contributed by atoms with Crippen molar-refractivity contribution in [2.75, 3.05) is 0 Å². The smallest absolute Gasteiger partial charge is 0.226 e. The van der Waals surface area contributed by atoms with Crippen LogP contribution in [0.15, 0.2) is 6.07 Å². The van der Waals surface area contributed by atoms with Gasteiger partial charge in [-0.2, -0.15) is 5.10 Å². The molecule has 1 aromatic rings. The molecule has 78 valence electrons. The summed E-state index contributed by atoms with van der Waals surface area (Å²) in [5, 5.41) is 9.71. The minimum atomic E-state index is 0.0332. The second-order valence-corrected chi connectivity index (χ2v) is 3.60. The van der Waals surface area contributed by atoms with Gasteiger partial charge in [0.1, 0.15) is 0 Å². The highest BCUT2D eigenvalue weighted by Gasteiger charge is 2.08. The van der Waals surface area contributed by atoms with Crippen molar-refractivity contribution in [3.63, 3.8) is 0 Å². The van der Waals surface area contributed by atoms with Crippen molar-refractivity contribution in [2.45, 2.75) is 39.7 Å². The van der Waals surface area contributed by atoms with Gasteiger partial charge in [-0.3, -0.25) is 9.89 Å². The minimum absolute atomic E-state index is 0.0332. The SMILES string of the molecule is CCC(C)NC(=O)Cc1cc(C)[nH]n1. The molecule has 0 bridgehead atoms. The number of carbonyl (C=O) groups is 1. The fraction of sp³-hybridized carbons (Fsp3) is 0.600. The van der Waals surface area contributed by atoms with E-state index < -0.39 is 0 Å². The van der Waals surface area contributed by atoms with Crippen molar-refractivity contribution in [1.29, 1.82) is 0 Å². The van der Waals surface area contributed by atoms with Crippen LogP contribution in [0, 0.1) is 6.92 Å². The normalized spacial score (nSPS) is 12.5. The van der Waals surface area contributed by atoms with Gasteiger partial charge in [0, 0.05) is 11.7 Å². The van der Waals surface area contributed by atoms with E-state index in [1.165, 1.54) is 0 Å². The molecule has 14 heavy (non-hydrogen) atoms. The average molecular weight is 195 g/mol. The monoisotopic (exact) mass is 195 g/mol. The van der Waals surface area contributed by atoms with Gasteiger partial charge in [0.2, 0.25) is 5.91 Å². The summed E-state index contributed by atoms with van der Waals surface area (Å²) in [6.07, 6.45) is 1.31. The van der Waals surface area contributed by atoms with Crippen LogP contribution in [-0.2, 0) is 11.2 Å². The Morgan fingerprint density at radius 2 is 2.43 bits per heavy atom. The molecule has 4 heteroatoms. The summed E-state index contributed by atoms with van der Waals surface area (Å²) >= 11 is 0. The number of nitrogens with one attached hydrogen (secondary N) is 2. The first kappa shape index (κ1) is 10.8. The number of carbonyl (C=O) groups excluding carboxylic acids is 1. The molecule has 0 aliphatic heterocycles. The fourth-order valence-electron chi connectivity index (χ4n) is 1.16. The molecule has 0 fully saturated rings. The third-order valence-electron chi connectivity index (χ3n) is 2.12. The Morgan fingerprint density at radius 3 is 2.93 bits per heavy atom. The Balaban J connectivity index is 2.41. The maximum atomic E-state index is 11.4. The van der Waals surface area contributed by atoms with Crippen molar-refractivity contribution in [2.24, 2.45) is 0 Å². The van der Waals surface area contributed by atoms with Gasteiger partial charge in [-0.25, -0.2) is 0 Å². The molecule has 1 amide bonds. The van der Waals surface area contributed by atoms with Crippen LogP contribution in [-0.4, -0.2) is 22.1 Å². The van der Waals surface area contributed by atoms with Crippen LogP contribution < -0.4 is 5.32 Å².